The van der Waals surface area contributed by atoms with Crippen molar-refractivity contribution in [3.8, 4) is 28.7 Å². The molecule has 3 aromatic rings. The number of hydrogen-bond donors (Lipinski definition) is 0. The zero-order chi connectivity index (χ0) is 21.9. The van der Waals surface area contributed by atoms with Gasteiger partial charge in [0.2, 0.25) is 6.79 Å². The van der Waals surface area contributed by atoms with E-state index in [1.807, 2.05) is 30.3 Å². The number of allylic oxidation sites excluding steroid dienone is 1. The van der Waals surface area contributed by atoms with Crippen molar-refractivity contribution in [1.82, 2.24) is 0 Å². The molecule has 3 aromatic carbocycles. The van der Waals surface area contributed by atoms with Crippen molar-refractivity contribution in [1.29, 1.82) is 0 Å². The fourth-order valence-electron chi connectivity index (χ4n) is 4.29. The Morgan fingerprint density at radius 2 is 1.50 bits per heavy atom. The van der Waals surface area contributed by atoms with E-state index in [1.54, 1.807) is 14.2 Å². The topological polar surface area (TPSA) is 46.2 Å². The maximum absolute atomic E-state index is 6.54. The van der Waals surface area contributed by atoms with Crippen molar-refractivity contribution < 1.29 is 23.7 Å². The Morgan fingerprint density at radius 1 is 0.844 bits per heavy atom. The molecule has 5 heteroatoms. The second-order valence-corrected chi connectivity index (χ2v) is 8.00. The van der Waals surface area contributed by atoms with Gasteiger partial charge >= 0.3 is 0 Å². The molecular formula is C27H26O5. The lowest BCUT2D eigenvalue weighted by molar-refractivity contribution is 0.114. The first-order valence-electron chi connectivity index (χ1n) is 10.8. The lowest BCUT2D eigenvalue weighted by Crippen LogP contribution is -2.25. The third-order valence-electron chi connectivity index (χ3n) is 6.03. The minimum Gasteiger partial charge on any atom is -0.497 e. The van der Waals surface area contributed by atoms with Gasteiger partial charge in [0.05, 0.1) is 14.2 Å². The summed E-state index contributed by atoms with van der Waals surface area (Å²) >= 11 is 0. The molecule has 0 aromatic heterocycles. The summed E-state index contributed by atoms with van der Waals surface area (Å²) in [5.41, 5.74) is 3.44. The van der Waals surface area contributed by atoms with Crippen molar-refractivity contribution in [3.05, 3.63) is 83.4 Å². The van der Waals surface area contributed by atoms with E-state index < -0.39 is 0 Å². The standard InChI is InChI=1S/C27H26O5/c1-28-22-10-6-18(7-11-22)4-3-5-20-14-21-15-25-26(31-17-30-25)16-24(21)32-27(20)19-8-12-23(29-2)13-9-19/h3-4,6-13,15-16,20,27H,5,14,17H2,1-2H3/b4-3+/t20-,27-/m0/s1. The molecule has 0 saturated carbocycles. The summed E-state index contributed by atoms with van der Waals surface area (Å²) < 4.78 is 28.2. The zero-order valence-electron chi connectivity index (χ0n) is 18.2. The number of ether oxygens (including phenoxy) is 5. The molecule has 0 unspecified atom stereocenters. The first-order valence-corrected chi connectivity index (χ1v) is 10.8. The van der Waals surface area contributed by atoms with Gasteiger partial charge in [-0.15, -0.1) is 0 Å². The zero-order valence-corrected chi connectivity index (χ0v) is 18.2. The Balaban J connectivity index is 1.40. The van der Waals surface area contributed by atoms with E-state index in [9.17, 15) is 0 Å². The van der Waals surface area contributed by atoms with Crippen LogP contribution in [0.1, 0.15) is 29.2 Å². The molecular weight excluding hydrogens is 404 g/mol. The fourth-order valence-corrected chi connectivity index (χ4v) is 4.29. The van der Waals surface area contributed by atoms with Gasteiger partial charge in [0.25, 0.3) is 0 Å². The van der Waals surface area contributed by atoms with E-state index in [1.165, 1.54) is 0 Å². The van der Waals surface area contributed by atoms with Crippen molar-refractivity contribution >= 4 is 6.08 Å². The molecule has 0 saturated heterocycles. The van der Waals surface area contributed by atoms with Crippen molar-refractivity contribution in [2.75, 3.05) is 21.0 Å². The Morgan fingerprint density at radius 3 is 2.19 bits per heavy atom. The highest BCUT2D eigenvalue weighted by Crippen LogP contribution is 2.46. The molecule has 2 atom stereocenters. The molecule has 2 aliphatic heterocycles. The SMILES string of the molecule is COc1ccc(/C=C/C[C@H]2Cc3cc4c(cc3O[C@H]2c2ccc(OC)cc2)OCO4)cc1. The summed E-state index contributed by atoms with van der Waals surface area (Å²) in [7, 11) is 3.36. The molecule has 32 heavy (non-hydrogen) atoms. The summed E-state index contributed by atoms with van der Waals surface area (Å²) in [6.07, 6.45) is 6.10. The van der Waals surface area contributed by atoms with Gasteiger partial charge in [-0.25, -0.2) is 0 Å². The lowest BCUT2D eigenvalue weighted by atomic mass is 9.84. The van der Waals surface area contributed by atoms with E-state index in [4.69, 9.17) is 23.7 Å². The van der Waals surface area contributed by atoms with E-state index in [0.717, 1.165) is 58.3 Å². The average Bonchev–Trinajstić information content (AvgIpc) is 3.30. The van der Waals surface area contributed by atoms with Crippen LogP contribution in [-0.4, -0.2) is 21.0 Å². The predicted octanol–water partition coefficient (Wildman–Crippen LogP) is 5.83. The minimum atomic E-state index is -0.0608. The first-order chi connectivity index (χ1) is 15.7. The molecule has 5 rings (SSSR count). The van der Waals surface area contributed by atoms with Crippen molar-refractivity contribution in [3.63, 3.8) is 0 Å². The van der Waals surface area contributed by atoms with Gasteiger partial charge in [-0.1, -0.05) is 36.4 Å². The van der Waals surface area contributed by atoms with E-state index >= 15 is 0 Å². The van der Waals surface area contributed by atoms with Crippen LogP contribution in [0.5, 0.6) is 28.7 Å². The monoisotopic (exact) mass is 430 g/mol. The van der Waals surface area contributed by atoms with Crippen LogP contribution in [0.2, 0.25) is 0 Å². The number of methoxy groups -OCH3 is 2. The van der Waals surface area contributed by atoms with Crippen LogP contribution in [0.4, 0.5) is 0 Å². The number of rotatable bonds is 6. The van der Waals surface area contributed by atoms with E-state index in [2.05, 4.69) is 42.5 Å². The molecule has 5 nitrogen and oxygen atoms in total. The van der Waals surface area contributed by atoms with Gasteiger partial charge in [-0.3, -0.25) is 0 Å². The molecule has 164 valence electrons. The molecule has 0 aliphatic carbocycles. The molecule has 0 spiro atoms. The summed E-state index contributed by atoms with van der Waals surface area (Å²) in [6.45, 7) is 0.258. The van der Waals surface area contributed by atoms with Gasteiger partial charge in [0.1, 0.15) is 23.4 Å². The number of fused-ring (bicyclic) bond motifs is 2. The molecule has 0 fully saturated rings. The molecule has 0 amide bonds. The normalized spacial score (nSPS) is 18.8. The van der Waals surface area contributed by atoms with Gasteiger partial charge in [0.15, 0.2) is 11.5 Å². The van der Waals surface area contributed by atoms with Crippen LogP contribution in [0, 0.1) is 5.92 Å². The molecule has 2 aliphatic rings. The predicted molar refractivity (Wildman–Crippen MR) is 123 cm³/mol. The molecule has 0 bridgehead atoms. The quantitative estimate of drug-likeness (QED) is 0.492. The summed E-state index contributed by atoms with van der Waals surface area (Å²) in [5, 5.41) is 0. The molecule has 0 N–H and O–H groups in total. The minimum absolute atomic E-state index is 0.0608. The smallest absolute Gasteiger partial charge is 0.231 e. The Hall–Kier alpha value is -3.60. The summed E-state index contributed by atoms with van der Waals surface area (Å²) in [6, 6.07) is 20.2. The van der Waals surface area contributed by atoms with Crippen molar-refractivity contribution in [2.45, 2.75) is 18.9 Å². The number of hydrogen-bond acceptors (Lipinski definition) is 5. The second-order valence-electron chi connectivity index (χ2n) is 8.00. The highest BCUT2D eigenvalue weighted by Gasteiger charge is 2.32. The van der Waals surface area contributed by atoms with Crippen LogP contribution in [0.15, 0.2) is 66.7 Å². The lowest BCUT2D eigenvalue weighted by Gasteiger charge is -2.34. The third kappa shape index (κ3) is 4.11. The van der Waals surface area contributed by atoms with Gasteiger partial charge in [-0.05, 0) is 59.9 Å². The maximum Gasteiger partial charge on any atom is 0.231 e. The summed E-state index contributed by atoms with van der Waals surface area (Å²) in [4.78, 5) is 0. The maximum atomic E-state index is 6.54. The molecule has 0 radical (unpaired) electrons. The van der Waals surface area contributed by atoms with Crippen LogP contribution in [0.3, 0.4) is 0 Å². The Bertz CT molecular complexity index is 1100. The van der Waals surface area contributed by atoms with Crippen LogP contribution < -0.4 is 23.7 Å². The van der Waals surface area contributed by atoms with Crippen LogP contribution in [0.25, 0.3) is 6.08 Å². The van der Waals surface area contributed by atoms with E-state index in [-0.39, 0.29) is 18.8 Å². The average molecular weight is 431 g/mol. The fraction of sp³-hybridized carbons (Fsp3) is 0.259. The summed E-state index contributed by atoms with van der Waals surface area (Å²) in [5.74, 6) is 4.39. The van der Waals surface area contributed by atoms with E-state index in [0.29, 0.717) is 0 Å². The second kappa shape index (κ2) is 8.87. The van der Waals surface area contributed by atoms with Gasteiger partial charge in [-0.2, -0.15) is 0 Å². The van der Waals surface area contributed by atoms with Crippen LogP contribution in [-0.2, 0) is 6.42 Å². The van der Waals surface area contributed by atoms with Crippen molar-refractivity contribution in [2.24, 2.45) is 5.92 Å². The first kappa shape index (κ1) is 20.3. The van der Waals surface area contributed by atoms with Crippen LogP contribution >= 0.6 is 0 Å². The third-order valence-corrected chi connectivity index (χ3v) is 6.03. The largest absolute Gasteiger partial charge is 0.497 e. The highest BCUT2D eigenvalue weighted by atomic mass is 16.7. The van der Waals surface area contributed by atoms with Gasteiger partial charge in [0, 0.05) is 12.0 Å². The Kier molecular flexibility index (Phi) is 5.63. The highest BCUT2D eigenvalue weighted by molar-refractivity contribution is 5.54. The molecule has 2 heterocycles. The Labute approximate surface area is 188 Å². The van der Waals surface area contributed by atoms with Gasteiger partial charge < -0.3 is 23.7 Å². The number of benzene rings is 3.